The summed E-state index contributed by atoms with van der Waals surface area (Å²) < 4.78 is 13.1. The van der Waals surface area contributed by atoms with Crippen LogP contribution in [-0.2, 0) is 16.4 Å². The first-order valence-electron chi connectivity index (χ1n) is 17.9. The van der Waals surface area contributed by atoms with Crippen molar-refractivity contribution in [2.75, 3.05) is 0 Å². The predicted molar refractivity (Wildman–Crippen MR) is 208 cm³/mol. The van der Waals surface area contributed by atoms with Gasteiger partial charge in [0.15, 0.2) is 0 Å². The zero-order valence-corrected chi connectivity index (χ0v) is 30.6. The van der Waals surface area contributed by atoms with Crippen molar-refractivity contribution in [2.45, 2.75) is 64.4 Å². The van der Waals surface area contributed by atoms with Gasteiger partial charge in [0.25, 0.3) is 0 Å². The van der Waals surface area contributed by atoms with Gasteiger partial charge in [-0.2, -0.15) is 10.5 Å². The molecule has 6 aromatic rings. The van der Waals surface area contributed by atoms with Crippen LogP contribution >= 0.6 is 0 Å². The molecule has 6 aromatic carbocycles. The SMILES string of the molecule is CCC(C)(C)c1cccc(Oc2ccc(C3(c4ccc(OC(C)(C)c5cccc(C)c5C#N)cc4)c4ccccc4-c4ccccc43)cc2)c1C#N. The van der Waals surface area contributed by atoms with E-state index in [2.05, 4.69) is 106 Å². The first-order valence-corrected chi connectivity index (χ1v) is 17.9. The van der Waals surface area contributed by atoms with Crippen molar-refractivity contribution in [3.05, 3.63) is 184 Å². The molecule has 7 rings (SSSR count). The van der Waals surface area contributed by atoms with Crippen molar-refractivity contribution in [3.8, 4) is 40.5 Å². The number of aryl methyl sites for hydroxylation is 1. The molecule has 0 unspecified atom stereocenters. The molecule has 0 bridgehead atoms. The number of nitrogens with zero attached hydrogens (tertiary/aromatic N) is 2. The average molecular weight is 679 g/mol. The van der Waals surface area contributed by atoms with Crippen LogP contribution in [0.2, 0.25) is 0 Å². The van der Waals surface area contributed by atoms with Crippen molar-refractivity contribution in [3.63, 3.8) is 0 Å². The molecule has 4 nitrogen and oxygen atoms in total. The Morgan fingerprint density at radius 2 is 1.10 bits per heavy atom. The van der Waals surface area contributed by atoms with Crippen LogP contribution in [0.5, 0.6) is 17.2 Å². The monoisotopic (exact) mass is 678 g/mol. The molecular weight excluding hydrogens is 637 g/mol. The molecule has 1 aliphatic rings. The molecule has 0 atom stereocenters. The number of benzene rings is 6. The van der Waals surface area contributed by atoms with Crippen LogP contribution in [0.1, 0.15) is 91.1 Å². The number of hydrogen-bond acceptors (Lipinski definition) is 4. The van der Waals surface area contributed by atoms with Crippen LogP contribution in [0.3, 0.4) is 0 Å². The van der Waals surface area contributed by atoms with Crippen LogP contribution in [0.15, 0.2) is 133 Å². The van der Waals surface area contributed by atoms with Crippen molar-refractivity contribution < 1.29 is 9.47 Å². The second-order valence-corrected chi connectivity index (χ2v) is 14.7. The van der Waals surface area contributed by atoms with Gasteiger partial charge in [-0.25, -0.2) is 0 Å². The van der Waals surface area contributed by atoms with Gasteiger partial charge in [-0.3, -0.25) is 0 Å². The van der Waals surface area contributed by atoms with E-state index >= 15 is 0 Å². The summed E-state index contributed by atoms with van der Waals surface area (Å²) >= 11 is 0. The highest BCUT2D eigenvalue weighted by atomic mass is 16.5. The molecular formula is C48H42N2O2. The third-order valence-electron chi connectivity index (χ3n) is 10.9. The fraction of sp³-hybridized carbons (Fsp3) is 0.208. The number of rotatable bonds is 9. The molecule has 0 amide bonds. The van der Waals surface area contributed by atoms with Crippen molar-refractivity contribution in [1.29, 1.82) is 10.5 Å². The van der Waals surface area contributed by atoms with Gasteiger partial charge in [0, 0.05) is 5.56 Å². The third-order valence-corrected chi connectivity index (χ3v) is 10.9. The molecule has 0 saturated heterocycles. The van der Waals surface area contributed by atoms with Crippen LogP contribution in [0, 0.1) is 29.6 Å². The van der Waals surface area contributed by atoms with Crippen molar-refractivity contribution >= 4 is 0 Å². The van der Waals surface area contributed by atoms with E-state index in [4.69, 9.17) is 9.47 Å². The lowest BCUT2D eigenvalue weighted by Crippen LogP contribution is -2.29. The fourth-order valence-electron chi connectivity index (χ4n) is 7.85. The molecule has 0 aromatic heterocycles. The van der Waals surface area contributed by atoms with Gasteiger partial charge in [-0.15, -0.1) is 0 Å². The third kappa shape index (κ3) is 5.62. The highest BCUT2D eigenvalue weighted by Crippen LogP contribution is 2.56. The largest absolute Gasteiger partial charge is 0.483 e. The fourth-order valence-corrected chi connectivity index (χ4v) is 7.85. The van der Waals surface area contributed by atoms with E-state index in [-0.39, 0.29) is 5.41 Å². The Morgan fingerprint density at radius 1 is 0.577 bits per heavy atom. The lowest BCUT2D eigenvalue weighted by molar-refractivity contribution is 0.108. The Morgan fingerprint density at radius 3 is 1.65 bits per heavy atom. The topological polar surface area (TPSA) is 66.0 Å². The molecule has 4 heteroatoms. The Bertz CT molecular complexity index is 2330. The van der Waals surface area contributed by atoms with Gasteiger partial charge in [0.05, 0.1) is 22.6 Å². The molecule has 0 fully saturated rings. The van der Waals surface area contributed by atoms with E-state index in [1.165, 1.54) is 22.3 Å². The Hall–Kier alpha value is -6.10. The molecule has 0 heterocycles. The van der Waals surface area contributed by atoms with Crippen LogP contribution in [-0.4, -0.2) is 0 Å². The van der Waals surface area contributed by atoms with Gasteiger partial charge >= 0.3 is 0 Å². The van der Waals surface area contributed by atoms with Crippen LogP contribution in [0.4, 0.5) is 0 Å². The van der Waals surface area contributed by atoms with Gasteiger partial charge < -0.3 is 9.47 Å². The van der Waals surface area contributed by atoms with E-state index in [0.29, 0.717) is 22.6 Å². The predicted octanol–water partition coefficient (Wildman–Crippen LogP) is 11.9. The quantitative estimate of drug-likeness (QED) is 0.152. The second-order valence-electron chi connectivity index (χ2n) is 14.7. The van der Waals surface area contributed by atoms with Crippen LogP contribution < -0.4 is 9.47 Å². The number of nitriles is 2. The average Bonchev–Trinajstić information content (AvgIpc) is 3.46. The van der Waals surface area contributed by atoms with E-state index in [1.54, 1.807) is 0 Å². The first kappa shape index (κ1) is 34.4. The summed E-state index contributed by atoms with van der Waals surface area (Å²) in [4.78, 5) is 0. The zero-order chi connectivity index (χ0) is 36.7. The molecule has 52 heavy (non-hydrogen) atoms. The Kier molecular flexibility index (Phi) is 8.73. The van der Waals surface area contributed by atoms with Gasteiger partial charge in [-0.1, -0.05) is 124 Å². The van der Waals surface area contributed by atoms with Gasteiger partial charge in [0.2, 0.25) is 0 Å². The second kappa shape index (κ2) is 13.2. The maximum atomic E-state index is 10.2. The highest BCUT2D eigenvalue weighted by molar-refractivity contribution is 5.86. The van der Waals surface area contributed by atoms with Gasteiger partial charge in [0.1, 0.15) is 28.9 Å². The number of fused-ring (bicyclic) bond motifs is 3. The smallest absolute Gasteiger partial charge is 0.145 e. The summed E-state index contributed by atoms with van der Waals surface area (Å²) in [5.41, 5.74) is 9.56. The summed E-state index contributed by atoms with van der Waals surface area (Å²) in [5.74, 6) is 1.95. The lowest BCUT2D eigenvalue weighted by Gasteiger charge is -2.34. The summed E-state index contributed by atoms with van der Waals surface area (Å²) in [7, 11) is 0. The maximum absolute atomic E-state index is 10.2. The van der Waals surface area contributed by atoms with E-state index < -0.39 is 11.0 Å². The number of hydrogen-bond donors (Lipinski definition) is 0. The maximum Gasteiger partial charge on any atom is 0.145 e. The Labute approximate surface area is 307 Å². The Balaban J connectivity index is 1.31. The summed E-state index contributed by atoms with van der Waals surface area (Å²) in [6.45, 7) is 12.4. The van der Waals surface area contributed by atoms with Crippen LogP contribution in [0.25, 0.3) is 11.1 Å². The molecule has 0 spiro atoms. The lowest BCUT2D eigenvalue weighted by atomic mass is 9.67. The standard InChI is InChI=1S/C48H42N2O2/c1-7-46(3,4)41-19-13-21-45(40(41)31-50)51-35-26-22-33(23-27-35)48(43-17-10-8-15-37(43)38-16-9-11-18-44(38)48)34-24-28-36(29-25-34)52-47(5,6)42-20-12-14-32(2)39(42)30-49/h8-29H,7H2,1-6H3. The summed E-state index contributed by atoms with van der Waals surface area (Å²) in [6.07, 6.45) is 0.907. The molecule has 1 aliphatic carbocycles. The van der Waals surface area contributed by atoms with E-state index in [0.717, 1.165) is 40.0 Å². The minimum absolute atomic E-state index is 0.152. The molecule has 0 aliphatic heterocycles. The molecule has 0 N–H and O–H groups in total. The zero-order valence-electron chi connectivity index (χ0n) is 30.6. The molecule has 0 saturated carbocycles. The van der Waals surface area contributed by atoms with E-state index in [9.17, 15) is 10.5 Å². The van der Waals surface area contributed by atoms with Crippen molar-refractivity contribution in [2.24, 2.45) is 0 Å². The number of ether oxygens (including phenoxy) is 2. The summed E-state index contributed by atoms with van der Waals surface area (Å²) in [5, 5.41) is 20.1. The van der Waals surface area contributed by atoms with E-state index in [1.807, 2.05) is 81.4 Å². The van der Waals surface area contributed by atoms with Crippen molar-refractivity contribution in [1.82, 2.24) is 0 Å². The first-order chi connectivity index (χ1) is 25.0. The molecule has 0 radical (unpaired) electrons. The minimum Gasteiger partial charge on any atom is -0.483 e. The molecule has 256 valence electrons. The normalized spacial score (nSPS) is 13.0. The summed E-state index contributed by atoms with van der Waals surface area (Å²) in [6, 6.07) is 50.6. The van der Waals surface area contributed by atoms with Gasteiger partial charge in [-0.05, 0) is 107 Å². The highest BCUT2D eigenvalue weighted by Gasteiger charge is 2.46. The minimum atomic E-state index is -0.726.